The highest BCUT2D eigenvalue weighted by molar-refractivity contribution is 5.94. The summed E-state index contributed by atoms with van der Waals surface area (Å²) in [6, 6.07) is 11.2. The van der Waals surface area contributed by atoms with Crippen LogP contribution in [0.2, 0.25) is 0 Å². The lowest BCUT2D eigenvalue weighted by Gasteiger charge is -2.33. The number of hydrogen-bond donors (Lipinski definition) is 3. The van der Waals surface area contributed by atoms with Crippen molar-refractivity contribution < 1.29 is 13.9 Å². The highest BCUT2D eigenvalue weighted by atomic mass is 16.5. The lowest BCUT2D eigenvalue weighted by atomic mass is 10.1. The van der Waals surface area contributed by atoms with Gasteiger partial charge >= 0.3 is 0 Å². The Kier molecular flexibility index (Phi) is 8.78. The summed E-state index contributed by atoms with van der Waals surface area (Å²) in [6.07, 6.45) is 5.46. The molecule has 1 aliphatic rings. The molecule has 0 saturated carbocycles. The molecule has 8 nitrogen and oxygen atoms in total. The number of rotatable bonds is 9. The molecule has 0 bridgehead atoms. The van der Waals surface area contributed by atoms with Crippen LogP contribution in [0.25, 0.3) is 0 Å². The highest BCUT2D eigenvalue weighted by Crippen LogP contribution is 2.24. The largest absolute Gasteiger partial charge is 0.497 e. The molecule has 2 heterocycles. The van der Waals surface area contributed by atoms with Crippen molar-refractivity contribution in [3.63, 3.8) is 0 Å². The number of benzene rings is 1. The summed E-state index contributed by atoms with van der Waals surface area (Å²) in [7, 11) is 3.33. The minimum absolute atomic E-state index is 0.133. The summed E-state index contributed by atoms with van der Waals surface area (Å²) in [6.45, 7) is 3.89. The number of aliphatic imine (C=N–C) groups is 1. The van der Waals surface area contributed by atoms with Gasteiger partial charge in [0.25, 0.3) is 5.91 Å². The molecule has 0 aliphatic carbocycles. The molecule has 1 atom stereocenters. The van der Waals surface area contributed by atoms with Crippen LogP contribution >= 0.6 is 0 Å². The van der Waals surface area contributed by atoms with Crippen molar-refractivity contribution >= 4 is 11.9 Å². The van der Waals surface area contributed by atoms with E-state index in [9.17, 15) is 4.79 Å². The van der Waals surface area contributed by atoms with Crippen molar-refractivity contribution in [2.24, 2.45) is 4.99 Å². The summed E-state index contributed by atoms with van der Waals surface area (Å²) in [5.74, 6) is 2.20. The molecule has 1 amide bonds. The van der Waals surface area contributed by atoms with Crippen LogP contribution in [0.4, 0.5) is 0 Å². The number of piperidine rings is 1. The summed E-state index contributed by atoms with van der Waals surface area (Å²) in [5, 5.41) is 9.56. The molecular weight excluding hydrogens is 394 g/mol. The smallest absolute Gasteiger partial charge is 0.251 e. The SMILES string of the molecule is CN=C(NCCNC(=O)c1cccc(OC)c1)NCC(c1ccco1)N1CCCCC1. The van der Waals surface area contributed by atoms with Crippen molar-refractivity contribution in [3.05, 3.63) is 54.0 Å². The fourth-order valence-electron chi connectivity index (χ4n) is 3.76. The van der Waals surface area contributed by atoms with Gasteiger partial charge in [0.2, 0.25) is 0 Å². The van der Waals surface area contributed by atoms with Gasteiger partial charge in [-0.1, -0.05) is 12.5 Å². The predicted octanol–water partition coefficient (Wildman–Crippen LogP) is 2.41. The molecular formula is C23H33N5O3. The molecule has 0 spiro atoms. The quantitative estimate of drug-likeness (QED) is 0.323. The Hall–Kier alpha value is -3.00. The fourth-order valence-corrected chi connectivity index (χ4v) is 3.76. The van der Waals surface area contributed by atoms with Gasteiger partial charge in [0, 0.05) is 32.2 Å². The van der Waals surface area contributed by atoms with Gasteiger partial charge in [-0.3, -0.25) is 14.7 Å². The third kappa shape index (κ3) is 6.75. The maximum absolute atomic E-state index is 12.3. The van der Waals surface area contributed by atoms with E-state index in [4.69, 9.17) is 9.15 Å². The Morgan fingerprint density at radius 2 is 1.94 bits per heavy atom. The number of nitrogens with zero attached hydrogens (tertiary/aromatic N) is 2. The predicted molar refractivity (Wildman–Crippen MR) is 122 cm³/mol. The van der Waals surface area contributed by atoms with Crippen molar-refractivity contribution in [2.45, 2.75) is 25.3 Å². The molecule has 1 saturated heterocycles. The van der Waals surface area contributed by atoms with Gasteiger partial charge in [-0.15, -0.1) is 0 Å². The van der Waals surface area contributed by atoms with Gasteiger partial charge in [0.15, 0.2) is 5.96 Å². The average Bonchev–Trinajstić information content (AvgIpc) is 3.35. The zero-order valence-corrected chi connectivity index (χ0v) is 18.4. The molecule has 1 fully saturated rings. The first-order valence-corrected chi connectivity index (χ1v) is 10.9. The first-order valence-electron chi connectivity index (χ1n) is 10.9. The second-order valence-corrected chi connectivity index (χ2v) is 7.50. The first-order chi connectivity index (χ1) is 15.2. The van der Waals surface area contributed by atoms with E-state index >= 15 is 0 Å². The first kappa shape index (κ1) is 22.7. The third-order valence-corrected chi connectivity index (χ3v) is 5.42. The minimum Gasteiger partial charge on any atom is -0.497 e. The lowest BCUT2D eigenvalue weighted by molar-refractivity contribution is 0.0954. The van der Waals surface area contributed by atoms with Crippen LogP contribution in [-0.4, -0.2) is 63.6 Å². The molecule has 1 aromatic carbocycles. The number of furan rings is 1. The van der Waals surface area contributed by atoms with Gasteiger partial charge in [-0.2, -0.15) is 0 Å². The number of nitrogens with one attached hydrogen (secondary N) is 3. The van der Waals surface area contributed by atoms with Crippen LogP contribution in [0, 0.1) is 0 Å². The van der Waals surface area contributed by atoms with E-state index in [0.717, 1.165) is 18.8 Å². The van der Waals surface area contributed by atoms with Gasteiger partial charge in [-0.05, 0) is 56.3 Å². The Balaban J connectivity index is 1.44. The van der Waals surface area contributed by atoms with E-state index in [1.807, 2.05) is 18.2 Å². The van der Waals surface area contributed by atoms with Crippen molar-refractivity contribution in [3.8, 4) is 5.75 Å². The van der Waals surface area contributed by atoms with E-state index < -0.39 is 0 Å². The van der Waals surface area contributed by atoms with Gasteiger partial charge in [0.1, 0.15) is 11.5 Å². The standard InChI is InChI=1S/C23H33N5O3/c1-24-23(26-12-11-25-22(29)18-8-6-9-19(16-18)30-2)27-17-20(21-10-7-15-31-21)28-13-4-3-5-14-28/h6-10,15-16,20H,3-5,11-14,17H2,1-2H3,(H,25,29)(H2,24,26,27). The Morgan fingerprint density at radius 3 is 2.65 bits per heavy atom. The van der Waals surface area contributed by atoms with E-state index in [-0.39, 0.29) is 11.9 Å². The monoisotopic (exact) mass is 427 g/mol. The molecule has 2 aromatic rings. The summed E-state index contributed by atoms with van der Waals surface area (Å²) in [4.78, 5) is 19.1. The van der Waals surface area contributed by atoms with E-state index in [1.165, 1.54) is 19.3 Å². The molecule has 3 rings (SSSR count). The number of hydrogen-bond acceptors (Lipinski definition) is 5. The van der Waals surface area contributed by atoms with E-state index in [1.54, 1.807) is 38.6 Å². The number of likely N-dealkylation sites (tertiary alicyclic amines) is 1. The van der Waals surface area contributed by atoms with Crippen molar-refractivity contribution in [2.75, 3.05) is 46.9 Å². The van der Waals surface area contributed by atoms with Gasteiger partial charge < -0.3 is 25.1 Å². The van der Waals surface area contributed by atoms with Crippen LogP contribution in [0.1, 0.15) is 41.4 Å². The number of methoxy groups -OCH3 is 1. The highest BCUT2D eigenvalue weighted by Gasteiger charge is 2.24. The van der Waals surface area contributed by atoms with Crippen LogP contribution in [-0.2, 0) is 0 Å². The summed E-state index contributed by atoms with van der Waals surface area (Å²) in [5.41, 5.74) is 0.574. The maximum Gasteiger partial charge on any atom is 0.251 e. The number of carbonyl (C=O) groups excluding carboxylic acids is 1. The molecule has 8 heteroatoms. The second kappa shape index (κ2) is 12.0. The normalized spacial score (nSPS) is 15.9. The summed E-state index contributed by atoms with van der Waals surface area (Å²) >= 11 is 0. The Labute approximate surface area is 184 Å². The van der Waals surface area contributed by atoms with Crippen molar-refractivity contribution in [1.82, 2.24) is 20.9 Å². The van der Waals surface area contributed by atoms with E-state index in [2.05, 4.69) is 25.8 Å². The molecule has 168 valence electrons. The number of carbonyl (C=O) groups is 1. The molecule has 1 unspecified atom stereocenters. The number of ether oxygens (including phenoxy) is 1. The zero-order valence-electron chi connectivity index (χ0n) is 18.4. The molecule has 1 aromatic heterocycles. The van der Waals surface area contributed by atoms with Crippen molar-refractivity contribution in [1.29, 1.82) is 0 Å². The topological polar surface area (TPSA) is 91.1 Å². The molecule has 3 N–H and O–H groups in total. The summed E-state index contributed by atoms with van der Waals surface area (Å²) < 4.78 is 10.9. The molecule has 0 radical (unpaired) electrons. The average molecular weight is 428 g/mol. The van der Waals surface area contributed by atoms with Gasteiger partial charge in [-0.25, -0.2) is 0 Å². The number of guanidine groups is 1. The van der Waals surface area contributed by atoms with Crippen LogP contribution in [0.3, 0.4) is 0 Å². The maximum atomic E-state index is 12.3. The van der Waals surface area contributed by atoms with Crippen LogP contribution in [0.15, 0.2) is 52.1 Å². The lowest BCUT2D eigenvalue weighted by Crippen LogP contribution is -2.46. The van der Waals surface area contributed by atoms with Crippen LogP contribution in [0.5, 0.6) is 5.75 Å². The van der Waals surface area contributed by atoms with Gasteiger partial charge in [0.05, 0.1) is 19.4 Å². The minimum atomic E-state index is -0.133. The molecule has 31 heavy (non-hydrogen) atoms. The third-order valence-electron chi connectivity index (χ3n) is 5.42. The van der Waals surface area contributed by atoms with E-state index in [0.29, 0.717) is 36.9 Å². The Bertz CT molecular complexity index is 831. The second-order valence-electron chi connectivity index (χ2n) is 7.50. The Morgan fingerprint density at radius 1 is 1.13 bits per heavy atom. The number of amides is 1. The zero-order chi connectivity index (χ0) is 21.9. The van der Waals surface area contributed by atoms with Crippen LogP contribution < -0.4 is 20.7 Å². The molecule has 1 aliphatic heterocycles. The fraction of sp³-hybridized carbons (Fsp3) is 0.478.